The van der Waals surface area contributed by atoms with Crippen LogP contribution in [0.5, 0.6) is 5.75 Å². The van der Waals surface area contributed by atoms with Gasteiger partial charge in [0.15, 0.2) is 0 Å². The summed E-state index contributed by atoms with van der Waals surface area (Å²) < 4.78 is 6.77. The highest BCUT2D eigenvalue weighted by molar-refractivity contribution is 9.10. The smallest absolute Gasteiger partial charge is 0.130 e. The van der Waals surface area contributed by atoms with E-state index in [1.807, 2.05) is 36.4 Å². The average molecular weight is 333 g/mol. The van der Waals surface area contributed by atoms with Gasteiger partial charge in [0.05, 0.1) is 11.4 Å². The van der Waals surface area contributed by atoms with Crippen molar-refractivity contribution in [3.8, 4) is 5.75 Å². The highest BCUT2D eigenvalue weighted by atomic mass is 79.9. The summed E-state index contributed by atoms with van der Waals surface area (Å²) in [4.78, 5) is 4.61. The van der Waals surface area contributed by atoms with Gasteiger partial charge in [0, 0.05) is 17.1 Å². The molecule has 104 valence electrons. The maximum atomic E-state index is 5.75. The third-order valence-electron chi connectivity index (χ3n) is 3.20. The molecule has 1 saturated carbocycles. The zero-order valence-electron chi connectivity index (χ0n) is 11.2. The lowest BCUT2D eigenvalue weighted by Gasteiger charge is -2.08. The number of halogens is 1. The van der Waals surface area contributed by atoms with Gasteiger partial charge in [-0.15, -0.1) is 0 Å². The largest absolute Gasteiger partial charge is 0.487 e. The number of pyridine rings is 1. The number of nitrogens with zero attached hydrogens (tertiary/aromatic N) is 1. The summed E-state index contributed by atoms with van der Waals surface area (Å²) in [6.07, 6.45) is 2.59. The molecule has 0 radical (unpaired) electrons. The quantitative estimate of drug-likeness (QED) is 0.876. The molecule has 0 atom stereocenters. The topological polar surface area (TPSA) is 34.1 Å². The molecule has 0 bridgehead atoms. The zero-order chi connectivity index (χ0) is 13.8. The lowest BCUT2D eigenvalue weighted by atomic mass is 10.3. The minimum absolute atomic E-state index is 0.494. The Balaban J connectivity index is 1.57. The molecule has 1 fully saturated rings. The van der Waals surface area contributed by atoms with Crippen LogP contribution >= 0.6 is 15.9 Å². The third-order valence-corrected chi connectivity index (χ3v) is 3.69. The summed E-state index contributed by atoms with van der Waals surface area (Å²) in [7, 11) is 0. The maximum Gasteiger partial charge on any atom is 0.130 e. The average Bonchev–Trinajstić information content (AvgIpc) is 3.28. The SMILES string of the molecule is Brc1cccc(OCc2cccc(CNC3CC3)n2)c1. The van der Waals surface area contributed by atoms with Gasteiger partial charge in [0.2, 0.25) is 0 Å². The Bertz CT molecular complexity index is 584. The van der Waals surface area contributed by atoms with E-state index >= 15 is 0 Å². The fraction of sp³-hybridized carbons (Fsp3) is 0.312. The van der Waals surface area contributed by atoms with E-state index in [0.29, 0.717) is 12.6 Å². The highest BCUT2D eigenvalue weighted by Gasteiger charge is 2.20. The molecule has 4 heteroatoms. The van der Waals surface area contributed by atoms with Gasteiger partial charge < -0.3 is 10.1 Å². The minimum atomic E-state index is 0.494. The van der Waals surface area contributed by atoms with Crippen LogP contribution in [0.2, 0.25) is 0 Å². The predicted molar refractivity (Wildman–Crippen MR) is 82.6 cm³/mol. The first kappa shape index (κ1) is 13.6. The van der Waals surface area contributed by atoms with Crippen LogP contribution < -0.4 is 10.1 Å². The van der Waals surface area contributed by atoms with Crippen LogP contribution in [0.3, 0.4) is 0 Å². The number of ether oxygens (including phenoxy) is 1. The van der Waals surface area contributed by atoms with Gasteiger partial charge in [-0.1, -0.05) is 28.1 Å². The van der Waals surface area contributed by atoms with Gasteiger partial charge in [0.1, 0.15) is 12.4 Å². The van der Waals surface area contributed by atoms with E-state index < -0.39 is 0 Å². The minimum Gasteiger partial charge on any atom is -0.487 e. The maximum absolute atomic E-state index is 5.75. The van der Waals surface area contributed by atoms with Crippen molar-refractivity contribution < 1.29 is 4.74 Å². The second kappa shape index (κ2) is 6.37. The molecule has 1 N–H and O–H groups in total. The number of benzene rings is 1. The van der Waals surface area contributed by atoms with E-state index in [1.54, 1.807) is 0 Å². The van der Waals surface area contributed by atoms with Crippen molar-refractivity contribution in [3.05, 3.63) is 58.3 Å². The summed E-state index contributed by atoms with van der Waals surface area (Å²) in [5.41, 5.74) is 2.03. The monoisotopic (exact) mass is 332 g/mol. The molecule has 0 aliphatic heterocycles. The van der Waals surface area contributed by atoms with Crippen LogP contribution in [0.4, 0.5) is 0 Å². The van der Waals surface area contributed by atoms with Gasteiger partial charge >= 0.3 is 0 Å². The number of hydrogen-bond donors (Lipinski definition) is 1. The lowest BCUT2D eigenvalue weighted by Crippen LogP contribution is -2.16. The Morgan fingerprint density at radius 3 is 2.75 bits per heavy atom. The Labute approximate surface area is 127 Å². The second-order valence-electron chi connectivity index (χ2n) is 5.02. The summed E-state index contributed by atoms with van der Waals surface area (Å²) in [6, 6.07) is 14.6. The molecule has 0 amide bonds. The van der Waals surface area contributed by atoms with E-state index in [0.717, 1.165) is 28.2 Å². The molecular weight excluding hydrogens is 316 g/mol. The zero-order valence-corrected chi connectivity index (χ0v) is 12.8. The van der Waals surface area contributed by atoms with Crippen LogP contribution in [0.1, 0.15) is 24.2 Å². The molecule has 3 nitrogen and oxygen atoms in total. The fourth-order valence-corrected chi connectivity index (χ4v) is 2.34. The molecule has 2 aromatic rings. The highest BCUT2D eigenvalue weighted by Crippen LogP contribution is 2.20. The summed E-state index contributed by atoms with van der Waals surface area (Å²) >= 11 is 3.44. The van der Waals surface area contributed by atoms with Crippen LogP contribution in [0.15, 0.2) is 46.9 Å². The van der Waals surface area contributed by atoms with Gasteiger partial charge in [0.25, 0.3) is 0 Å². The molecule has 1 aromatic heterocycles. The number of aromatic nitrogens is 1. The summed E-state index contributed by atoms with van der Waals surface area (Å²) in [5.74, 6) is 0.850. The molecule has 0 saturated heterocycles. The second-order valence-corrected chi connectivity index (χ2v) is 5.94. The van der Waals surface area contributed by atoms with Crippen molar-refractivity contribution in [2.75, 3.05) is 0 Å². The van der Waals surface area contributed by atoms with Gasteiger partial charge in [-0.2, -0.15) is 0 Å². The molecular formula is C16H17BrN2O. The Morgan fingerprint density at radius 2 is 1.95 bits per heavy atom. The van der Waals surface area contributed by atoms with E-state index in [-0.39, 0.29) is 0 Å². The van der Waals surface area contributed by atoms with Crippen molar-refractivity contribution in [2.24, 2.45) is 0 Å². The molecule has 0 unspecified atom stereocenters. The van der Waals surface area contributed by atoms with Gasteiger partial charge in [-0.25, -0.2) is 0 Å². The van der Waals surface area contributed by atoms with Crippen molar-refractivity contribution in [2.45, 2.75) is 32.0 Å². The molecule has 0 spiro atoms. The lowest BCUT2D eigenvalue weighted by molar-refractivity contribution is 0.300. The predicted octanol–water partition coefficient (Wildman–Crippen LogP) is 3.68. The fourth-order valence-electron chi connectivity index (χ4n) is 1.96. The molecule has 1 aliphatic rings. The Morgan fingerprint density at radius 1 is 1.15 bits per heavy atom. The molecule has 20 heavy (non-hydrogen) atoms. The van der Waals surface area contributed by atoms with Crippen molar-refractivity contribution in [1.29, 1.82) is 0 Å². The third kappa shape index (κ3) is 4.05. The van der Waals surface area contributed by atoms with Crippen molar-refractivity contribution >= 4 is 15.9 Å². The number of hydrogen-bond acceptors (Lipinski definition) is 3. The Hall–Kier alpha value is -1.39. The summed E-state index contributed by atoms with van der Waals surface area (Å²) in [5, 5.41) is 3.47. The van der Waals surface area contributed by atoms with E-state index in [9.17, 15) is 0 Å². The van der Waals surface area contributed by atoms with Crippen LogP contribution in [-0.2, 0) is 13.2 Å². The van der Waals surface area contributed by atoms with E-state index in [2.05, 4.69) is 32.3 Å². The first-order chi connectivity index (χ1) is 9.79. The van der Waals surface area contributed by atoms with Crippen molar-refractivity contribution in [1.82, 2.24) is 10.3 Å². The number of nitrogens with one attached hydrogen (secondary N) is 1. The molecule has 1 heterocycles. The molecule has 3 rings (SSSR count). The summed E-state index contributed by atoms with van der Waals surface area (Å²) in [6.45, 7) is 1.34. The standard InChI is InChI=1S/C16H17BrN2O/c17-12-3-1-6-16(9-12)20-11-15-5-2-4-14(19-15)10-18-13-7-8-13/h1-6,9,13,18H,7-8,10-11H2. The first-order valence-corrected chi connectivity index (χ1v) is 7.65. The first-order valence-electron chi connectivity index (χ1n) is 6.86. The van der Waals surface area contributed by atoms with Crippen LogP contribution in [-0.4, -0.2) is 11.0 Å². The van der Waals surface area contributed by atoms with Crippen LogP contribution in [0.25, 0.3) is 0 Å². The molecule has 1 aromatic carbocycles. The Kier molecular flexibility index (Phi) is 4.33. The van der Waals surface area contributed by atoms with E-state index in [4.69, 9.17) is 4.74 Å². The number of rotatable bonds is 6. The van der Waals surface area contributed by atoms with Crippen molar-refractivity contribution in [3.63, 3.8) is 0 Å². The van der Waals surface area contributed by atoms with Crippen LogP contribution in [0, 0.1) is 0 Å². The normalized spacial score (nSPS) is 14.2. The van der Waals surface area contributed by atoms with Gasteiger partial charge in [-0.05, 0) is 43.2 Å². The van der Waals surface area contributed by atoms with E-state index in [1.165, 1.54) is 12.8 Å². The van der Waals surface area contributed by atoms with Gasteiger partial charge in [-0.3, -0.25) is 4.98 Å². The molecule has 1 aliphatic carbocycles.